The van der Waals surface area contributed by atoms with Gasteiger partial charge in [0, 0.05) is 38.6 Å². The molecule has 0 bridgehead atoms. The second-order valence-corrected chi connectivity index (χ2v) is 5.34. The first-order valence-electron chi connectivity index (χ1n) is 7.72. The van der Waals surface area contributed by atoms with Crippen LogP contribution in [0.4, 0.5) is 0 Å². The molecule has 0 unspecified atom stereocenters. The molecule has 3 N–H and O–H groups in total. The molecular weight excluding hydrogens is 276 g/mol. The molecule has 0 aliphatic carbocycles. The Balaban J connectivity index is 1.71. The number of rotatable bonds is 6. The van der Waals surface area contributed by atoms with Crippen LogP contribution in [0.3, 0.4) is 0 Å². The average Bonchev–Trinajstić information content (AvgIpc) is 2.56. The molecule has 0 spiro atoms. The standard InChI is InChI=1S/C17H24N4O/c1-2-19-16(12-18)17(22)20-9-5-10-21-11-8-14-6-3-4-7-15(14)13-21/h2-4,6-7,12H,5,8-11,13,18H2,1H3,(H,20,22)/b16-12-,19-2?. The van der Waals surface area contributed by atoms with Gasteiger partial charge in [0.05, 0.1) is 0 Å². The van der Waals surface area contributed by atoms with Crippen molar-refractivity contribution < 1.29 is 4.79 Å². The van der Waals surface area contributed by atoms with Crippen molar-refractivity contribution in [3.63, 3.8) is 0 Å². The first kappa shape index (κ1) is 16.2. The van der Waals surface area contributed by atoms with Crippen molar-refractivity contribution in [3.05, 3.63) is 47.3 Å². The first-order valence-corrected chi connectivity index (χ1v) is 7.72. The Morgan fingerprint density at radius 3 is 2.91 bits per heavy atom. The average molecular weight is 300 g/mol. The molecule has 5 nitrogen and oxygen atoms in total. The number of amides is 1. The topological polar surface area (TPSA) is 70.7 Å². The lowest BCUT2D eigenvalue weighted by atomic mass is 10.00. The van der Waals surface area contributed by atoms with Crippen molar-refractivity contribution in [2.24, 2.45) is 10.7 Å². The number of carbonyl (C=O) groups is 1. The Morgan fingerprint density at radius 2 is 2.18 bits per heavy atom. The van der Waals surface area contributed by atoms with Crippen molar-refractivity contribution in [1.29, 1.82) is 0 Å². The van der Waals surface area contributed by atoms with Crippen molar-refractivity contribution in [2.75, 3.05) is 19.6 Å². The maximum absolute atomic E-state index is 11.8. The van der Waals surface area contributed by atoms with Gasteiger partial charge in [0.25, 0.3) is 5.91 Å². The minimum absolute atomic E-state index is 0.218. The lowest BCUT2D eigenvalue weighted by molar-refractivity contribution is -0.117. The smallest absolute Gasteiger partial charge is 0.271 e. The van der Waals surface area contributed by atoms with Gasteiger partial charge in [0.15, 0.2) is 0 Å². The highest BCUT2D eigenvalue weighted by molar-refractivity contribution is 5.94. The summed E-state index contributed by atoms with van der Waals surface area (Å²) in [7, 11) is 0. The molecule has 1 heterocycles. The minimum Gasteiger partial charge on any atom is -0.403 e. The normalized spacial score (nSPS) is 15.8. The van der Waals surface area contributed by atoms with Gasteiger partial charge in [-0.2, -0.15) is 0 Å². The Kier molecular flexibility index (Phi) is 6.15. The summed E-state index contributed by atoms with van der Waals surface area (Å²) in [5.74, 6) is -0.218. The third-order valence-electron chi connectivity index (χ3n) is 3.81. The molecule has 22 heavy (non-hydrogen) atoms. The fraction of sp³-hybridized carbons (Fsp3) is 0.412. The van der Waals surface area contributed by atoms with Gasteiger partial charge in [-0.25, -0.2) is 0 Å². The van der Waals surface area contributed by atoms with Crippen LogP contribution in [0.15, 0.2) is 41.2 Å². The summed E-state index contributed by atoms with van der Waals surface area (Å²) in [5, 5.41) is 2.85. The highest BCUT2D eigenvalue weighted by atomic mass is 16.2. The van der Waals surface area contributed by atoms with E-state index in [0.717, 1.165) is 32.5 Å². The number of nitrogens with zero attached hydrogens (tertiary/aromatic N) is 2. The summed E-state index contributed by atoms with van der Waals surface area (Å²) in [4.78, 5) is 18.1. The lowest BCUT2D eigenvalue weighted by Crippen LogP contribution is -2.34. The SMILES string of the molecule is CC=N/C(=C\N)C(=O)NCCCN1CCc2ccccc2C1. The summed E-state index contributed by atoms with van der Waals surface area (Å²) in [6, 6.07) is 8.61. The zero-order valence-electron chi connectivity index (χ0n) is 13.1. The van der Waals surface area contributed by atoms with Crippen LogP contribution in [0.2, 0.25) is 0 Å². The first-order chi connectivity index (χ1) is 10.7. The van der Waals surface area contributed by atoms with Gasteiger partial charge in [-0.15, -0.1) is 0 Å². The Bertz CT molecular complexity index is 566. The van der Waals surface area contributed by atoms with Crippen molar-refractivity contribution in [1.82, 2.24) is 10.2 Å². The van der Waals surface area contributed by atoms with E-state index in [-0.39, 0.29) is 11.6 Å². The van der Waals surface area contributed by atoms with Crippen LogP contribution in [0.5, 0.6) is 0 Å². The number of carbonyl (C=O) groups excluding carboxylic acids is 1. The molecule has 1 aromatic carbocycles. The molecule has 1 amide bonds. The second kappa shape index (κ2) is 8.34. The predicted molar refractivity (Wildman–Crippen MR) is 89.5 cm³/mol. The molecule has 1 aliphatic rings. The van der Waals surface area contributed by atoms with Gasteiger partial charge < -0.3 is 11.1 Å². The quantitative estimate of drug-likeness (QED) is 0.474. The molecular formula is C17H24N4O. The third kappa shape index (κ3) is 4.43. The van der Waals surface area contributed by atoms with E-state index in [1.165, 1.54) is 17.3 Å². The number of aliphatic imine (C=N–C) groups is 1. The van der Waals surface area contributed by atoms with Crippen LogP contribution in [0.1, 0.15) is 24.5 Å². The van der Waals surface area contributed by atoms with Gasteiger partial charge >= 0.3 is 0 Å². The molecule has 0 saturated heterocycles. The van der Waals surface area contributed by atoms with Crippen LogP contribution in [-0.4, -0.2) is 36.7 Å². The Hall–Kier alpha value is -2.14. The maximum atomic E-state index is 11.8. The van der Waals surface area contributed by atoms with E-state index in [2.05, 4.69) is 39.5 Å². The fourth-order valence-electron chi connectivity index (χ4n) is 2.66. The van der Waals surface area contributed by atoms with Crippen LogP contribution >= 0.6 is 0 Å². The predicted octanol–water partition coefficient (Wildman–Crippen LogP) is 1.44. The van der Waals surface area contributed by atoms with E-state index in [9.17, 15) is 4.79 Å². The van der Waals surface area contributed by atoms with E-state index in [1.54, 1.807) is 13.1 Å². The summed E-state index contributed by atoms with van der Waals surface area (Å²) in [6.45, 7) is 5.45. The van der Waals surface area contributed by atoms with E-state index < -0.39 is 0 Å². The number of benzene rings is 1. The van der Waals surface area contributed by atoms with Crippen molar-refractivity contribution in [2.45, 2.75) is 26.3 Å². The minimum atomic E-state index is -0.218. The molecule has 0 atom stereocenters. The van der Waals surface area contributed by atoms with Crippen LogP contribution < -0.4 is 11.1 Å². The lowest BCUT2D eigenvalue weighted by Gasteiger charge is -2.28. The zero-order chi connectivity index (χ0) is 15.8. The molecule has 2 rings (SSSR count). The Morgan fingerprint density at radius 1 is 1.41 bits per heavy atom. The van der Waals surface area contributed by atoms with E-state index >= 15 is 0 Å². The van der Waals surface area contributed by atoms with E-state index in [0.29, 0.717) is 6.54 Å². The summed E-state index contributed by atoms with van der Waals surface area (Å²) in [5.41, 5.74) is 8.52. The van der Waals surface area contributed by atoms with Gasteiger partial charge in [0.1, 0.15) is 5.70 Å². The fourth-order valence-corrected chi connectivity index (χ4v) is 2.66. The van der Waals surface area contributed by atoms with E-state index in [4.69, 9.17) is 5.73 Å². The summed E-state index contributed by atoms with van der Waals surface area (Å²) in [6.07, 6.45) is 4.82. The van der Waals surface area contributed by atoms with E-state index in [1.807, 2.05) is 0 Å². The molecule has 1 aliphatic heterocycles. The van der Waals surface area contributed by atoms with Crippen LogP contribution in [0, 0.1) is 0 Å². The maximum Gasteiger partial charge on any atom is 0.271 e. The van der Waals surface area contributed by atoms with Gasteiger partial charge in [-0.3, -0.25) is 14.7 Å². The van der Waals surface area contributed by atoms with Crippen molar-refractivity contribution >= 4 is 12.1 Å². The number of nitrogens with one attached hydrogen (secondary N) is 1. The van der Waals surface area contributed by atoms with Gasteiger partial charge in [-0.1, -0.05) is 24.3 Å². The third-order valence-corrected chi connectivity index (χ3v) is 3.81. The highest BCUT2D eigenvalue weighted by Crippen LogP contribution is 2.18. The van der Waals surface area contributed by atoms with Crippen molar-refractivity contribution in [3.8, 4) is 0 Å². The largest absolute Gasteiger partial charge is 0.403 e. The molecule has 5 heteroatoms. The number of fused-ring (bicyclic) bond motifs is 1. The number of nitrogens with two attached hydrogens (primary N) is 1. The number of hydrogen-bond acceptors (Lipinski definition) is 4. The highest BCUT2D eigenvalue weighted by Gasteiger charge is 2.15. The molecule has 0 radical (unpaired) electrons. The summed E-state index contributed by atoms with van der Waals surface area (Å²) >= 11 is 0. The summed E-state index contributed by atoms with van der Waals surface area (Å²) < 4.78 is 0. The molecule has 118 valence electrons. The van der Waals surface area contributed by atoms with Crippen LogP contribution in [-0.2, 0) is 17.8 Å². The van der Waals surface area contributed by atoms with Gasteiger partial charge in [0.2, 0.25) is 0 Å². The van der Waals surface area contributed by atoms with Crippen LogP contribution in [0.25, 0.3) is 0 Å². The second-order valence-electron chi connectivity index (χ2n) is 5.34. The van der Waals surface area contributed by atoms with Gasteiger partial charge in [-0.05, 0) is 30.9 Å². The monoisotopic (exact) mass is 300 g/mol. The Labute approximate surface area is 131 Å². The molecule has 0 aromatic heterocycles. The molecule has 0 fully saturated rings. The number of hydrogen-bond donors (Lipinski definition) is 2. The molecule has 0 saturated carbocycles. The molecule has 1 aromatic rings. The zero-order valence-corrected chi connectivity index (χ0v) is 13.1.